The van der Waals surface area contributed by atoms with Crippen molar-refractivity contribution in [2.24, 2.45) is 0 Å². The van der Waals surface area contributed by atoms with Gasteiger partial charge in [0.15, 0.2) is 0 Å². The Balaban J connectivity index is 2.40. The molecular weight excluding hydrogens is 216 g/mol. The van der Waals surface area contributed by atoms with Gasteiger partial charge in [-0.25, -0.2) is 13.6 Å². The Morgan fingerprint density at radius 3 is 2.50 bits per heavy atom. The lowest BCUT2D eigenvalue weighted by Gasteiger charge is -2.02. The van der Waals surface area contributed by atoms with E-state index in [2.05, 4.69) is 5.32 Å². The molecule has 1 aromatic carbocycles. The number of hydrogen-bond acceptors (Lipinski definition) is 2. The van der Waals surface area contributed by atoms with E-state index in [-0.39, 0.29) is 0 Å². The molecule has 0 heterocycles. The average molecular weight is 227 g/mol. The molecular formula is C11H11F2NO2. The third kappa shape index (κ3) is 4.54. The van der Waals surface area contributed by atoms with Gasteiger partial charge in [-0.2, -0.15) is 0 Å². The van der Waals surface area contributed by atoms with Crippen molar-refractivity contribution >= 4 is 5.97 Å². The molecule has 0 fully saturated rings. The summed E-state index contributed by atoms with van der Waals surface area (Å²) in [5, 5.41) is 11.0. The first-order valence-electron chi connectivity index (χ1n) is 4.66. The summed E-state index contributed by atoms with van der Waals surface area (Å²) in [6.07, 6.45) is 2.64. The molecule has 86 valence electrons. The summed E-state index contributed by atoms with van der Waals surface area (Å²) in [5.74, 6) is -2.28. The maximum atomic E-state index is 12.8. The number of rotatable bonds is 5. The van der Waals surface area contributed by atoms with Gasteiger partial charge in [0, 0.05) is 24.9 Å². The van der Waals surface area contributed by atoms with Crippen molar-refractivity contribution in [1.82, 2.24) is 5.32 Å². The Bertz CT molecular complexity index is 385. The second-order valence-electron chi connectivity index (χ2n) is 3.15. The molecule has 0 radical (unpaired) electrons. The topological polar surface area (TPSA) is 49.3 Å². The second kappa shape index (κ2) is 5.85. The highest BCUT2D eigenvalue weighted by atomic mass is 19.1. The molecule has 0 saturated carbocycles. The predicted octanol–water partition coefficient (Wildman–Crippen LogP) is 1.70. The standard InChI is InChI=1S/C11H11F2NO2/c12-9-5-8(6-10(13)7-9)1-3-14-4-2-11(15)16/h2,4-7,14H,1,3H2,(H,15,16)/b4-2+. The number of carboxylic acid groups (broad SMARTS) is 1. The van der Waals surface area contributed by atoms with Crippen molar-refractivity contribution in [3.8, 4) is 0 Å². The van der Waals surface area contributed by atoms with Crippen molar-refractivity contribution in [1.29, 1.82) is 0 Å². The average Bonchev–Trinajstić information content (AvgIpc) is 2.15. The maximum Gasteiger partial charge on any atom is 0.329 e. The van der Waals surface area contributed by atoms with Crippen LogP contribution in [0.4, 0.5) is 8.78 Å². The molecule has 2 N–H and O–H groups in total. The zero-order valence-corrected chi connectivity index (χ0v) is 8.41. The smallest absolute Gasteiger partial charge is 0.329 e. The Labute approximate surface area is 91.4 Å². The largest absolute Gasteiger partial charge is 0.478 e. The van der Waals surface area contributed by atoms with Gasteiger partial charge in [-0.05, 0) is 24.1 Å². The number of benzene rings is 1. The Morgan fingerprint density at radius 2 is 1.94 bits per heavy atom. The van der Waals surface area contributed by atoms with E-state index in [1.165, 1.54) is 18.3 Å². The summed E-state index contributed by atoms with van der Waals surface area (Å²) < 4.78 is 25.5. The van der Waals surface area contributed by atoms with Gasteiger partial charge >= 0.3 is 5.97 Å². The van der Waals surface area contributed by atoms with Crippen LogP contribution in [0.25, 0.3) is 0 Å². The van der Waals surface area contributed by atoms with E-state index in [4.69, 9.17) is 5.11 Å². The molecule has 0 aliphatic rings. The van der Waals surface area contributed by atoms with Crippen molar-refractivity contribution in [3.63, 3.8) is 0 Å². The zero-order chi connectivity index (χ0) is 12.0. The molecule has 1 rings (SSSR count). The fourth-order valence-corrected chi connectivity index (χ4v) is 1.19. The summed E-state index contributed by atoms with van der Waals surface area (Å²) in [6, 6.07) is 3.29. The van der Waals surface area contributed by atoms with Crippen molar-refractivity contribution in [2.75, 3.05) is 6.54 Å². The fraction of sp³-hybridized carbons (Fsp3) is 0.182. The zero-order valence-electron chi connectivity index (χ0n) is 8.41. The van der Waals surface area contributed by atoms with E-state index in [0.29, 0.717) is 18.5 Å². The minimum atomic E-state index is -1.05. The number of halogens is 2. The van der Waals surface area contributed by atoms with Crippen LogP contribution >= 0.6 is 0 Å². The van der Waals surface area contributed by atoms with Gasteiger partial charge in [-0.1, -0.05) is 0 Å². The first-order valence-corrected chi connectivity index (χ1v) is 4.66. The summed E-state index contributed by atoms with van der Waals surface area (Å²) in [4.78, 5) is 10.1. The highest BCUT2D eigenvalue weighted by molar-refractivity contribution is 5.79. The van der Waals surface area contributed by atoms with Crippen LogP contribution in [0.15, 0.2) is 30.5 Å². The van der Waals surface area contributed by atoms with E-state index in [9.17, 15) is 13.6 Å². The van der Waals surface area contributed by atoms with Crippen molar-refractivity contribution in [2.45, 2.75) is 6.42 Å². The quantitative estimate of drug-likeness (QED) is 0.594. The summed E-state index contributed by atoms with van der Waals surface area (Å²) >= 11 is 0. The third-order valence-electron chi connectivity index (χ3n) is 1.82. The Hall–Kier alpha value is -1.91. The number of hydrogen-bond donors (Lipinski definition) is 2. The van der Waals surface area contributed by atoms with Crippen LogP contribution < -0.4 is 5.32 Å². The predicted molar refractivity (Wildman–Crippen MR) is 54.8 cm³/mol. The lowest BCUT2D eigenvalue weighted by molar-refractivity contribution is -0.131. The molecule has 0 bridgehead atoms. The number of aliphatic carboxylic acids is 1. The van der Waals surface area contributed by atoms with Crippen LogP contribution in [0.5, 0.6) is 0 Å². The van der Waals surface area contributed by atoms with Gasteiger partial charge in [0.1, 0.15) is 11.6 Å². The molecule has 0 atom stereocenters. The van der Waals surface area contributed by atoms with E-state index >= 15 is 0 Å². The molecule has 1 aromatic rings. The number of carboxylic acids is 1. The lowest BCUT2D eigenvalue weighted by atomic mass is 10.1. The van der Waals surface area contributed by atoms with Gasteiger partial charge < -0.3 is 10.4 Å². The van der Waals surface area contributed by atoms with Gasteiger partial charge in [-0.15, -0.1) is 0 Å². The van der Waals surface area contributed by atoms with Crippen molar-refractivity contribution in [3.05, 3.63) is 47.7 Å². The molecule has 0 unspecified atom stereocenters. The maximum absolute atomic E-state index is 12.8. The molecule has 0 aromatic heterocycles. The minimum Gasteiger partial charge on any atom is -0.478 e. The van der Waals surface area contributed by atoms with Gasteiger partial charge in [0.2, 0.25) is 0 Å². The summed E-state index contributed by atoms with van der Waals surface area (Å²) in [5.41, 5.74) is 0.522. The molecule has 0 saturated heterocycles. The van der Waals surface area contributed by atoms with E-state index in [1.54, 1.807) is 0 Å². The molecule has 16 heavy (non-hydrogen) atoms. The van der Waals surface area contributed by atoms with Crippen molar-refractivity contribution < 1.29 is 18.7 Å². The second-order valence-corrected chi connectivity index (χ2v) is 3.15. The van der Waals surface area contributed by atoms with Crippen LogP contribution in [0.3, 0.4) is 0 Å². The molecule has 0 spiro atoms. The van der Waals surface area contributed by atoms with Crippen LogP contribution in [0.2, 0.25) is 0 Å². The third-order valence-corrected chi connectivity index (χ3v) is 1.82. The van der Waals surface area contributed by atoms with E-state index in [1.807, 2.05) is 0 Å². The summed E-state index contributed by atoms with van der Waals surface area (Å²) in [7, 11) is 0. The molecule has 0 aliphatic heterocycles. The normalized spacial score (nSPS) is 10.6. The summed E-state index contributed by atoms with van der Waals surface area (Å²) in [6.45, 7) is 0.409. The van der Waals surface area contributed by atoms with Gasteiger partial charge in [0.25, 0.3) is 0 Å². The van der Waals surface area contributed by atoms with Crippen LogP contribution in [0.1, 0.15) is 5.56 Å². The highest BCUT2D eigenvalue weighted by Gasteiger charge is 1.99. The Kier molecular flexibility index (Phi) is 4.44. The molecule has 3 nitrogen and oxygen atoms in total. The van der Waals surface area contributed by atoms with E-state index in [0.717, 1.165) is 12.1 Å². The minimum absolute atomic E-state index is 0.409. The number of carbonyl (C=O) groups is 1. The lowest BCUT2D eigenvalue weighted by Crippen LogP contribution is -2.10. The van der Waals surface area contributed by atoms with E-state index < -0.39 is 17.6 Å². The first-order chi connectivity index (χ1) is 7.58. The van der Waals surface area contributed by atoms with Crippen LogP contribution in [-0.4, -0.2) is 17.6 Å². The Morgan fingerprint density at radius 1 is 1.31 bits per heavy atom. The SMILES string of the molecule is O=C(O)/C=C/NCCc1cc(F)cc(F)c1. The molecule has 0 amide bonds. The van der Waals surface area contributed by atoms with Crippen LogP contribution in [-0.2, 0) is 11.2 Å². The van der Waals surface area contributed by atoms with Gasteiger partial charge in [0.05, 0.1) is 0 Å². The molecule has 5 heteroatoms. The van der Waals surface area contributed by atoms with Gasteiger partial charge in [-0.3, -0.25) is 0 Å². The number of nitrogens with one attached hydrogen (secondary N) is 1. The monoisotopic (exact) mass is 227 g/mol. The molecule has 0 aliphatic carbocycles. The first kappa shape index (κ1) is 12.2. The van der Waals surface area contributed by atoms with Crippen LogP contribution in [0, 0.1) is 11.6 Å². The highest BCUT2D eigenvalue weighted by Crippen LogP contribution is 2.07. The fourth-order valence-electron chi connectivity index (χ4n) is 1.19.